The molecule has 0 aromatic carbocycles. The van der Waals surface area contributed by atoms with Crippen LogP contribution in [0.5, 0.6) is 0 Å². The van der Waals surface area contributed by atoms with Crippen molar-refractivity contribution in [1.82, 2.24) is 4.98 Å². The molecule has 0 aliphatic heterocycles. The minimum atomic E-state index is -4.94. The Hall–Kier alpha value is -1.12. The van der Waals surface area contributed by atoms with E-state index in [1.165, 1.54) is 18.3 Å². The summed E-state index contributed by atoms with van der Waals surface area (Å²) in [6, 6.07) is 2.78. The van der Waals surface area contributed by atoms with Crippen LogP contribution < -0.4 is 5.46 Å². The summed E-state index contributed by atoms with van der Waals surface area (Å²) in [5.74, 6) is 0. The van der Waals surface area contributed by atoms with Crippen LogP contribution in [0.25, 0.3) is 0 Å². The lowest BCUT2D eigenvalue weighted by molar-refractivity contribution is -0.451. The predicted molar refractivity (Wildman–Crippen MR) is 40.1 cm³/mol. The Morgan fingerprint density at radius 1 is 1.43 bits per heavy atom. The maximum Gasteiger partial charge on any atom is 0.548 e. The molecule has 1 N–H and O–H groups in total. The van der Waals surface area contributed by atoms with Crippen molar-refractivity contribution in [2.24, 2.45) is 0 Å². The summed E-state index contributed by atoms with van der Waals surface area (Å²) in [4.78, 5) is 10.2. The van der Waals surface area contributed by atoms with Crippen molar-refractivity contribution < 1.29 is 27.9 Å². The maximum atomic E-state index is 11.5. The Bertz CT molecular complexity index is 281. The summed E-state index contributed by atoms with van der Waals surface area (Å²) in [5, 5.41) is 9.00. The Morgan fingerprint density at radius 2 is 2.14 bits per heavy atom. The molecule has 0 atom stereocenters. The molecule has 1 aromatic heterocycles. The topological polar surface area (TPSA) is 51.6 Å². The average molecular weight is 207 g/mol. The van der Waals surface area contributed by atoms with E-state index in [0.29, 0.717) is 0 Å². The standard InChI is InChI=1S/C6H5BF3NO3/c8-6(9,10)13-14-7(12)5-2-1-3-11-4-5/h1-4,12H. The van der Waals surface area contributed by atoms with E-state index in [-0.39, 0.29) is 5.46 Å². The molecule has 0 unspecified atom stereocenters. The van der Waals surface area contributed by atoms with Gasteiger partial charge in [-0.2, -0.15) is 0 Å². The van der Waals surface area contributed by atoms with Crippen molar-refractivity contribution >= 4 is 12.6 Å². The molecule has 0 radical (unpaired) electrons. The smallest absolute Gasteiger partial charge is 0.422 e. The summed E-state index contributed by atoms with van der Waals surface area (Å²) in [7, 11) is -1.81. The normalized spacial score (nSPS) is 11.4. The van der Waals surface area contributed by atoms with Crippen LogP contribution in [0.3, 0.4) is 0 Å². The van der Waals surface area contributed by atoms with Gasteiger partial charge in [0.05, 0.1) is 0 Å². The highest BCUT2D eigenvalue weighted by Crippen LogP contribution is 2.16. The SMILES string of the molecule is OB(OOC(F)(F)F)c1cccnc1. The molecule has 8 heteroatoms. The predicted octanol–water partition coefficient (Wildman–Crippen LogP) is 0.237. The number of aromatic nitrogens is 1. The van der Waals surface area contributed by atoms with E-state index in [1.54, 1.807) is 0 Å². The highest BCUT2D eigenvalue weighted by molar-refractivity contribution is 6.59. The van der Waals surface area contributed by atoms with E-state index in [4.69, 9.17) is 5.02 Å². The van der Waals surface area contributed by atoms with E-state index in [1.807, 2.05) is 0 Å². The molecular weight excluding hydrogens is 202 g/mol. The molecule has 0 fully saturated rings. The van der Waals surface area contributed by atoms with Gasteiger partial charge in [-0.1, -0.05) is 6.07 Å². The van der Waals surface area contributed by atoms with E-state index in [9.17, 15) is 13.2 Å². The number of rotatable bonds is 3. The lowest BCUT2D eigenvalue weighted by Crippen LogP contribution is -2.35. The molecule has 0 bridgehead atoms. The quantitative estimate of drug-likeness (QED) is 0.438. The van der Waals surface area contributed by atoms with Crippen LogP contribution in [-0.2, 0) is 9.69 Å². The van der Waals surface area contributed by atoms with Crippen molar-refractivity contribution in [2.75, 3.05) is 0 Å². The van der Waals surface area contributed by atoms with Gasteiger partial charge in [0, 0.05) is 17.9 Å². The first-order valence-corrected chi connectivity index (χ1v) is 3.48. The third kappa shape index (κ3) is 3.73. The largest absolute Gasteiger partial charge is 0.548 e. The molecule has 4 nitrogen and oxygen atoms in total. The van der Waals surface area contributed by atoms with Crippen LogP contribution in [0.2, 0.25) is 0 Å². The lowest BCUT2D eigenvalue weighted by atomic mass is 9.82. The van der Waals surface area contributed by atoms with Crippen LogP contribution in [0.15, 0.2) is 24.5 Å². The number of hydrogen-bond donors (Lipinski definition) is 1. The van der Waals surface area contributed by atoms with Gasteiger partial charge >= 0.3 is 13.5 Å². The van der Waals surface area contributed by atoms with Crippen molar-refractivity contribution in [3.8, 4) is 0 Å². The van der Waals surface area contributed by atoms with Gasteiger partial charge < -0.3 is 5.02 Å². The summed E-state index contributed by atoms with van der Waals surface area (Å²) >= 11 is 0. The molecule has 14 heavy (non-hydrogen) atoms. The molecule has 1 heterocycles. The van der Waals surface area contributed by atoms with Gasteiger partial charge in [-0.3, -0.25) is 9.79 Å². The van der Waals surface area contributed by atoms with E-state index >= 15 is 0 Å². The molecule has 76 valence electrons. The number of halogens is 3. The Labute approximate surface area is 77.4 Å². The van der Waals surface area contributed by atoms with Gasteiger partial charge in [0.15, 0.2) is 0 Å². The Morgan fingerprint density at radius 3 is 2.64 bits per heavy atom. The molecule has 1 aromatic rings. The molecule has 0 amide bonds. The fraction of sp³-hybridized carbons (Fsp3) is 0.167. The minimum absolute atomic E-state index is 0.0664. The highest BCUT2D eigenvalue weighted by atomic mass is 19.4. The molecule has 0 spiro atoms. The monoisotopic (exact) mass is 207 g/mol. The fourth-order valence-corrected chi connectivity index (χ4v) is 0.678. The molecule has 1 rings (SSSR count). The second kappa shape index (κ2) is 4.40. The van der Waals surface area contributed by atoms with Crippen LogP contribution in [0, 0.1) is 0 Å². The molecule has 0 saturated heterocycles. The number of nitrogens with zero attached hydrogens (tertiary/aromatic N) is 1. The zero-order valence-corrected chi connectivity index (χ0v) is 6.73. The number of pyridine rings is 1. The van der Waals surface area contributed by atoms with Crippen molar-refractivity contribution in [2.45, 2.75) is 6.36 Å². The summed E-state index contributed by atoms with van der Waals surface area (Å²) in [5.41, 5.74) is 0.0664. The Kier molecular flexibility index (Phi) is 3.45. The van der Waals surface area contributed by atoms with E-state index in [2.05, 4.69) is 14.7 Å². The van der Waals surface area contributed by atoms with Crippen LogP contribution in [0.4, 0.5) is 13.2 Å². The van der Waals surface area contributed by atoms with Crippen molar-refractivity contribution in [1.29, 1.82) is 0 Å². The number of alkyl halides is 3. The average Bonchev–Trinajstić information content (AvgIpc) is 2.14. The number of hydrogen-bond acceptors (Lipinski definition) is 4. The summed E-state index contributed by atoms with van der Waals surface area (Å²) in [6.45, 7) is 0. The first kappa shape index (κ1) is 11.0. The maximum absolute atomic E-state index is 11.5. The van der Waals surface area contributed by atoms with Gasteiger partial charge in [0.2, 0.25) is 0 Å². The van der Waals surface area contributed by atoms with Gasteiger partial charge in [-0.05, 0) is 6.07 Å². The second-order valence-electron chi connectivity index (χ2n) is 2.26. The third-order valence-corrected chi connectivity index (χ3v) is 1.20. The van der Waals surface area contributed by atoms with Gasteiger partial charge in [0.1, 0.15) is 0 Å². The zero-order chi connectivity index (χ0) is 10.6. The first-order chi connectivity index (χ1) is 6.49. The van der Waals surface area contributed by atoms with Crippen LogP contribution in [0.1, 0.15) is 0 Å². The van der Waals surface area contributed by atoms with Gasteiger partial charge in [0.25, 0.3) is 0 Å². The zero-order valence-electron chi connectivity index (χ0n) is 6.73. The fourth-order valence-electron chi connectivity index (χ4n) is 0.678. The molecular formula is C6H5BF3NO3. The van der Waals surface area contributed by atoms with Gasteiger partial charge in [-0.25, -0.2) is 0 Å². The van der Waals surface area contributed by atoms with Crippen molar-refractivity contribution in [3.63, 3.8) is 0 Å². The molecule has 0 aliphatic carbocycles. The summed E-state index contributed by atoms with van der Waals surface area (Å²) < 4.78 is 34.4. The van der Waals surface area contributed by atoms with Gasteiger partial charge in [-0.15, -0.1) is 18.1 Å². The van der Waals surface area contributed by atoms with E-state index in [0.717, 1.165) is 6.20 Å². The highest BCUT2D eigenvalue weighted by Gasteiger charge is 2.34. The Balaban J connectivity index is 2.48. The van der Waals surface area contributed by atoms with Crippen molar-refractivity contribution in [3.05, 3.63) is 24.5 Å². The molecule has 0 aliphatic rings. The second-order valence-corrected chi connectivity index (χ2v) is 2.26. The van der Waals surface area contributed by atoms with Crippen LogP contribution in [-0.4, -0.2) is 23.5 Å². The molecule has 0 saturated carbocycles. The lowest BCUT2D eigenvalue weighted by Gasteiger charge is -2.08. The third-order valence-electron chi connectivity index (χ3n) is 1.20. The summed E-state index contributed by atoms with van der Waals surface area (Å²) in [6.07, 6.45) is -2.38. The first-order valence-electron chi connectivity index (χ1n) is 3.48. The van der Waals surface area contributed by atoms with E-state index < -0.39 is 13.5 Å². The van der Waals surface area contributed by atoms with Crippen LogP contribution >= 0.6 is 0 Å². The minimum Gasteiger partial charge on any atom is -0.422 e.